The lowest BCUT2D eigenvalue weighted by atomic mass is 10.2. The Balaban J connectivity index is 2.62. The molecule has 1 nitrogen and oxygen atoms in total. The van der Waals surface area contributed by atoms with Gasteiger partial charge in [-0.2, -0.15) is 0 Å². The molecule has 13 heavy (non-hydrogen) atoms. The standard InChI is InChI=1S/C9H7F2NS/c10-9(11)8-4-5-3-6(12)1-2-7(5)13-8/h1-4,9H,12H2. The zero-order valence-electron chi connectivity index (χ0n) is 6.63. The zero-order valence-corrected chi connectivity index (χ0v) is 7.44. The van der Waals surface area contributed by atoms with E-state index in [0.717, 1.165) is 21.4 Å². The molecule has 0 amide bonds. The van der Waals surface area contributed by atoms with E-state index >= 15 is 0 Å². The van der Waals surface area contributed by atoms with E-state index in [4.69, 9.17) is 5.73 Å². The molecule has 0 bridgehead atoms. The molecule has 0 atom stereocenters. The summed E-state index contributed by atoms with van der Waals surface area (Å²) in [5.41, 5.74) is 6.13. The van der Waals surface area contributed by atoms with Crippen LogP contribution >= 0.6 is 11.3 Å². The fraction of sp³-hybridized carbons (Fsp3) is 0.111. The fourth-order valence-corrected chi connectivity index (χ4v) is 2.09. The van der Waals surface area contributed by atoms with Gasteiger partial charge in [-0.1, -0.05) is 0 Å². The van der Waals surface area contributed by atoms with Gasteiger partial charge in [0, 0.05) is 10.4 Å². The number of hydrogen-bond acceptors (Lipinski definition) is 2. The van der Waals surface area contributed by atoms with Gasteiger partial charge < -0.3 is 5.73 Å². The zero-order chi connectivity index (χ0) is 9.42. The summed E-state index contributed by atoms with van der Waals surface area (Å²) in [5.74, 6) is 0. The second-order valence-corrected chi connectivity index (χ2v) is 3.86. The molecule has 0 aliphatic heterocycles. The molecule has 0 saturated heterocycles. The molecule has 0 radical (unpaired) electrons. The molecule has 1 heterocycles. The van der Waals surface area contributed by atoms with E-state index in [0.29, 0.717) is 5.69 Å². The van der Waals surface area contributed by atoms with Crippen molar-refractivity contribution in [2.24, 2.45) is 0 Å². The van der Waals surface area contributed by atoms with Crippen LogP contribution in [0, 0.1) is 0 Å². The monoisotopic (exact) mass is 199 g/mol. The minimum Gasteiger partial charge on any atom is -0.399 e. The third-order valence-corrected chi connectivity index (χ3v) is 2.90. The van der Waals surface area contributed by atoms with Crippen LogP contribution in [0.5, 0.6) is 0 Å². The Hall–Kier alpha value is -1.16. The molecule has 0 spiro atoms. The van der Waals surface area contributed by atoms with Crippen molar-refractivity contribution in [3.8, 4) is 0 Å². The van der Waals surface area contributed by atoms with Crippen LogP contribution in [0.15, 0.2) is 24.3 Å². The van der Waals surface area contributed by atoms with Crippen molar-refractivity contribution in [2.75, 3.05) is 5.73 Å². The molecular formula is C9H7F2NS. The van der Waals surface area contributed by atoms with E-state index in [2.05, 4.69) is 0 Å². The summed E-state index contributed by atoms with van der Waals surface area (Å²) in [4.78, 5) is 0.0978. The van der Waals surface area contributed by atoms with E-state index in [-0.39, 0.29) is 4.88 Å². The topological polar surface area (TPSA) is 26.0 Å². The van der Waals surface area contributed by atoms with Crippen molar-refractivity contribution in [1.82, 2.24) is 0 Å². The van der Waals surface area contributed by atoms with Crippen molar-refractivity contribution in [3.63, 3.8) is 0 Å². The Bertz CT molecular complexity index is 436. The molecule has 2 rings (SSSR count). The van der Waals surface area contributed by atoms with Gasteiger partial charge >= 0.3 is 0 Å². The van der Waals surface area contributed by atoms with Gasteiger partial charge in [0.15, 0.2) is 0 Å². The summed E-state index contributed by atoms with van der Waals surface area (Å²) in [6.07, 6.45) is -2.39. The Labute approximate surface area is 77.8 Å². The first kappa shape index (κ1) is 8.44. The molecule has 0 fully saturated rings. The fourth-order valence-electron chi connectivity index (χ4n) is 1.19. The lowest BCUT2D eigenvalue weighted by Crippen LogP contribution is -1.80. The second-order valence-electron chi connectivity index (χ2n) is 2.75. The molecular weight excluding hydrogens is 192 g/mol. The third-order valence-electron chi connectivity index (χ3n) is 1.77. The quantitative estimate of drug-likeness (QED) is 0.699. The number of hydrogen-bond donors (Lipinski definition) is 1. The lowest BCUT2D eigenvalue weighted by molar-refractivity contribution is 0.156. The van der Waals surface area contributed by atoms with Crippen LogP contribution in [-0.2, 0) is 0 Å². The average molecular weight is 199 g/mol. The molecule has 0 aliphatic carbocycles. The lowest BCUT2D eigenvalue weighted by Gasteiger charge is -1.90. The molecule has 2 N–H and O–H groups in total. The number of halogens is 2. The average Bonchev–Trinajstić information content (AvgIpc) is 2.46. The first-order valence-corrected chi connectivity index (χ1v) is 4.55. The number of anilines is 1. The number of benzene rings is 1. The predicted octanol–water partition coefficient (Wildman–Crippen LogP) is 3.42. The minimum absolute atomic E-state index is 0.0978. The summed E-state index contributed by atoms with van der Waals surface area (Å²) in [6, 6.07) is 6.67. The van der Waals surface area contributed by atoms with Gasteiger partial charge in [0.2, 0.25) is 0 Å². The summed E-state index contributed by atoms with van der Waals surface area (Å²) in [7, 11) is 0. The molecule has 4 heteroatoms. The first-order chi connectivity index (χ1) is 6.16. The number of nitrogens with two attached hydrogens (primary N) is 1. The van der Waals surface area contributed by atoms with Gasteiger partial charge in [-0.25, -0.2) is 8.78 Å². The summed E-state index contributed by atoms with van der Waals surface area (Å²) in [6.45, 7) is 0. The maximum atomic E-state index is 12.3. The summed E-state index contributed by atoms with van der Waals surface area (Å²) in [5, 5.41) is 0.792. The highest BCUT2D eigenvalue weighted by Gasteiger charge is 2.10. The van der Waals surface area contributed by atoms with Crippen molar-refractivity contribution < 1.29 is 8.78 Å². The smallest absolute Gasteiger partial charge is 0.272 e. The van der Waals surface area contributed by atoms with Gasteiger partial charge in [-0.05, 0) is 29.7 Å². The van der Waals surface area contributed by atoms with E-state index in [1.54, 1.807) is 18.2 Å². The number of rotatable bonds is 1. The molecule has 1 aromatic carbocycles. The van der Waals surface area contributed by atoms with Crippen LogP contribution in [0.3, 0.4) is 0 Å². The molecule has 0 unspecified atom stereocenters. The predicted molar refractivity (Wildman–Crippen MR) is 51.2 cm³/mol. The Morgan fingerprint density at radius 3 is 2.69 bits per heavy atom. The highest BCUT2D eigenvalue weighted by atomic mass is 32.1. The van der Waals surface area contributed by atoms with Gasteiger partial charge in [-0.3, -0.25) is 0 Å². The summed E-state index contributed by atoms with van der Waals surface area (Å²) < 4.78 is 25.4. The largest absolute Gasteiger partial charge is 0.399 e. The number of thiophene rings is 1. The van der Waals surface area contributed by atoms with Crippen LogP contribution in [0.25, 0.3) is 10.1 Å². The van der Waals surface area contributed by atoms with Gasteiger partial charge in [0.25, 0.3) is 6.43 Å². The summed E-state index contributed by atoms with van der Waals surface area (Å²) >= 11 is 1.11. The highest BCUT2D eigenvalue weighted by molar-refractivity contribution is 7.19. The Kier molecular flexibility index (Phi) is 1.92. The first-order valence-electron chi connectivity index (χ1n) is 3.74. The van der Waals surface area contributed by atoms with E-state index in [1.165, 1.54) is 6.07 Å². The maximum absolute atomic E-state index is 12.3. The molecule has 68 valence electrons. The van der Waals surface area contributed by atoms with Crippen molar-refractivity contribution in [3.05, 3.63) is 29.1 Å². The number of alkyl halides is 2. The molecule has 2 aromatic rings. The van der Waals surface area contributed by atoms with Crippen LogP contribution in [0.2, 0.25) is 0 Å². The van der Waals surface area contributed by atoms with Gasteiger partial charge in [-0.15, -0.1) is 11.3 Å². The molecule has 0 aliphatic rings. The van der Waals surface area contributed by atoms with E-state index in [1.807, 2.05) is 0 Å². The van der Waals surface area contributed by atoms with E-state index in [9.17, 15) is 8.78 Å². The maximum Gasteiger partial charge on any atom is 0.272 e. The molecule has 1 aromatic heterocycles. The SMILES string of the molecule is Nc1ccc2sc(C(F)F)cc2c1. The van der Waals surface area contributed by atoms with E-state index < -0.39 is 6.43 Å². The number of nitrogen functional groups attached to an aromatic ring is 1. The third kappa shape index (κ3) is 1.49. The van der Waals surface area contributed by atoms with Crippen molar-refractivity contribution >= 4 is 27.1 Å². The van der Waals surface area contributed by atoms with Crippen molar-refractivity contribution in [2.45, 2.75) is 6.43 Å². The number of fused-ring (bicyclic) bond motifs is 1. The van der Waals surface area contributed by atoms with Crippen LogP contribution in [0.4, 0.5) is 14.5 Å². The van der Waals surface area contributed by atoms with Gasteiger partial charge in [0.1, 0.15) is 0 Å². The molecule has 0 saturated carbocycles. The highest BCUT2D eigenvalue weighted by Crippen LogP contribution is 2.33. The Morgan fingerprint density at radius 1 is 1.23 bits per heavy atom. The van der Waals surface area contributed by atoms with Crippen LogP contribution in [0.1, 0.15) is 11.3 Å². The Morgan fingerprint density at radius 2 is 2.00 bits per heavy atom. The normalized spacial score (nSPS) is 11.3. The second kappa shape index (κ2) is 2.96. The van der Waals surface area contributed by atoms with Gasteiger partial charge in [0.05, 0.1) is 4.88 Å². The minimum atomic E-state index is -2.39. The van der Waals surface area contributed by atoms with Crippen LogP contribution in [-0.4, -0.2) is 0 Å². The van der Waals surface area contributed by atoms with Crippen molar-refractivity contribution in [1.29, 1.82) is 0 Å². The van der Waals surface area contributed by atoms with Crippen LogP contribution < -0.4 is 5.73 Å².